The highest BCUT2D eigenvalue weighted by Gasteiger charge is 2.10. The molecule has 3 N–H and O–H groups in total. The van der Waals surface area contributed by atoms with Crippen molar-refractivity contribution in [1.29, 1.82) is 0 Å². The van der Waals surface area contributed by atoms with Crippen molar-refractivity contribution in [1.82, 2.24) is 4.72 Å². The number of sulfonamides is 1. The monoisotopic (exact) mass is 278 g/mol. The van der Waals surface area contributed by atoms with E-state index in [1.54, 1.807) is 36.4 Å². The lowest BCUT2D eigenvalue weighted by Gasteiger charge is -2.07. The molecule has 0 radical (unpaired) electrons. The molecular weight excluding hydrogens is 264 g/mol. The Morgan fingerprint density at radius 1 is 1.05 bits per heavy atom. The second-order valence-electron chi connectivity index (χ2n) is 3.85. The standard InChI is InChI=1S/C13H14N2O3S/c1-15-19(16,17)13-7-5-11(6-8-13)18-12-4-2-3-10(14)9-12/h2-9,15H,14H2,1H3. The summed E-state index contributed by atoms with van der Waals surface area (Å²) in [6.45, 7) is 0. The molecule has 0 aliphatic heterocycles. The normalized spacial score (nSPS) is 11.2. The zero-order chi connectivity index (χ0) is 13.9. The van der Waals surface area contributed by atoms with Gasteiger partial charge in [-0.1, -0.05) is 6.07 Å². The van der Waals surface area contributed by atoms with Gasteiger partial charge in [-0.05, 0) is 43.4 Å². The van der Waals surface area contributed by atoms with Crippen LogP contribution in [0.25, 0.3) is 0 Å². The smallest absolute Gasteiger partial charge is 0.240 e. The number of anilines is 1. The van der Waals surface area contributed by atoms with Gasteiger partial charge < -0.3 is 10.5 Å². The molecule has 0 unspecified atom stereocenters. The van der Waals surface area contributed by atoms with Crippen molar-refractivity contribution < 1.29 is 13.2 Å². The summed E-state index contributed by atoms with van der Waals surface area (Å²) in [5, 5.41) is 0. The van der Waals surface area contributed by atoms with E-state index in [4.69, 9.17) is 10.5 Å². The quantitative estimate of drug-likeness (QED) is 0.838. The maximum absolute atomic E-state index is 11.5. The number of ether oxygens (including phenoxy) is 1. The number of nitrogen functional groups attached to an aromatic ring is 1. The Kier molecular flexibility index (Phi) is 3.73. The molecule has 0 aliphatic carbocycles. The van der Waals surface area contributed by atoms with Gasteiger partial charge in [0, 0.05) is 11.8 Å². The van der Waals surface area contributed by atoms with Crippen LogP contribution in [-0.4, -0.2) is 15.5 Å². The first-order valence-corrected chi connectivity index (χ1v) is 7.06. The first-order valence-electron chi connectivity index (χ1n) is 5.58. The second kappa shape index (κ2) is 5.29. The Balaban J connectivity index is 2.20. The minimum Gasteiger partial charge on any atom is -0.457 e. The van der Waals surface area contributed by atoms with Crippen LogP contribution in [0.1, 0.15) is 0 Å². The van der Waals surface area contributed by atoms with Gasteiger partial charge in [-0.3, -0.25) is 0 Å². The lowest BCUT2D eigenvalue weighted by Crippen LogP contribution is -2.18. The van der Waals surface area contributed by atoms with Crippen molar-refractivity contribution in [2.75, 3.05) is 12.8 Å². The van der Waals surface area contributed by atoms with Gasteiger partial charge in [0.15, 0.2) is 0 Å². The summed E-state index contributed by atoms with van der Waals surface area (Å²) in [6, 6.07) is 13.1. The van der Waals surface area contributed by atoms with Crippen molar-refractivity contribution in [3.63, 3.8) is 0 Å². The van der Waals surface area contributed by atoms with E-state index in [0.29, 0.717) is 17.2 Å². The van der Waals surface area contributed by atoms with E-state index in [9.17, 15) is 8.42 Å². The lowest BCUT2D eigenvalue weighted by molar-refractivity contribution is 0.482. The Hall–Kier alpha value is -2.05. The van der Waals surface area contributed by atoms with Crippen molar-refractivity contribution in [2.45, 2.75) is 4.90 Å². The van der Waals surface area contributed by atoms with Crippen molar-refractivity contribution in [3.8, 4) is 11.5 Å². The molecule has 6 heteroatoms. The van der Waals surface area contributed by atoms with E-state index < -0.39 is 10.0 Å². The molecule has 0 heterocycles. The van der Waals surface area contributed by atoms with E-state index in [1.807, 2.05) is 0 Å². The first-order chi connectivity index (χ1) is 9.01. The van der Waals surface area contributed by atoms with Crippen LogP contribution in [0.15, 0.2) is 53.4 Å². The summed E-state index contributed by atoms with van der Waals surface area (Å²) in [7, 11) is -2.05. The van der Waals surface area contributed by atoms with Crippen LogP contribution in [0.3, 0.4) is 0 Å². The third-order valence-electron chi connectivity index (χ3n) is 2.50. The summed E-state index contributed by atoms with van der Waals surface area (Å²) in [6.07, 6.45) is 0. The highest BCUT2D eigenvalue weighted by Crippen LogP contribution is 2.24. The highest BCUT2D eigenvalue weighted by molar-refractivity contribution is 7.89. The Bertz CT molecular complexity index is 667. The minimum atomic E-state index is -3.42. The van der Waals surface area contributed by atoms with Crippen LogP contribution in [0.5, 0.6) is 11.5 Å². The second-order valence-corrected chi connectivity index (χ2v) is 5.74. The molecule has 0 saturated heterocycles. The van der Waals surface area contributed by atoms with Crippen LogP contribution in [0.2, 0.25) is 0 Å². The fraction of sp³-hybridized carbons (Fsp3) is 0.0769. The number of hydrogen-bond donors (Lipinski definition) is 2. The average molecular weight is 278 g/mol. The Labute approximate surface area is 112 Å². The van der Waals surface area contributed by atoms with Crippen LogP contribution in [0, 0.1) is 0 Å². The molecule has 0 spiro atoms. The van der Waals surface area contributed by atoms with E-state index in [1.165, 1.54) is 19.2 Å². The maximum atomic E-state index is 11.5. The first kappa shape index (κ1) is 13.4. The molecule has 2 rings (SSSR count). The van der Waals surface area contributed by atoms with Crippen molar-refractivity contribution in [3.05, 3.63) is 48.5 Å². The zero-order valence-electron chi connectivity index (χ0n) is 10.3. The SMILES string of the molecule is CNS(=O)(=O)c1ccc(Oc2cccc(N)c2)cc1. The molecule has 0 bridgehead atoms. The molecule has 0 aromatic heterocycles. The van der Waals surface area contributed by atoms with Crippen molar-refractivity contribution >= 4 is 15.7 Å². The van der Waals surface area contributed by atoms with Gasteiger partial charge in [0.25, 0.3) is 0 Å². The minimum absolute atomic E-state index is 0.190. The van der Waals surface area contributed by atoms with Crippen LogP contribution < -0.4 is 15.2 Å². The summed E-state index contributed by atoms with van der Waals surface area (Å²) in [5.74, 6) is 1.14. The van der Waals surface area contributed by atoms with Gasteiger partial charge in [0.1, 0.15) is 11.5 Å². The third-order valence-corrected chi connectivity index (χ3v) is 3.93. The van der Waals surface area contributed by atoms with E-state index in [0.717, 1.165) is 0 Å². The summed E-state index contributed by atoms with van der Waals surface area (Å²) in [4.78, 5) is 0.190. The van der Waals surface area contributed by atoms with Gasteiger partial charge in [-0.25, -0.2) is 13.1 Å². The van der Waals surface area contributed by atoms with Gasteiger partial charge in [-0.15, -0.1) is 0 Å². The van der Waals surface area contributed by atoms with Crippen molar-refractivity contribution in [2.24, 2.45) is 0 Å². The predicted octanol–water partition coefficient (Wildman–Crippen LogP) is 1.97. The summed E-state index contributed by atoms with van der Waals surface area (Å²) >= 11 is 0. The summed E-state index contributed by atoms with van der Waals surface area (Å²) < 4.78 is 30.9. The average Bonchev–Trinajstić information content (AvgIpc) is 2.39. The Morgan fingerprint density at radius 3 is 2.32 bits per heavy atom. The fourth-order valence-electron chi connectivity index (χ4n) is 1.52. The Morgan fingerprint density at radius 2 is 1.74 bits per heavy atom. The van der Waals surface area contributed by atoms with Gasteiger partial charge in [-0.2, -0.15) is 0 Å². The number of benzene rings is 2. The maximum Gasteiger partial charge on any atom is 0.240 e. The van der Waals surface area contributed by atoms with Crippen LogP contribution >= 0.6 is 0 Å². The van der Waals surface area contributed by atoms with E-state index >= 15 is 0 Å². The van der Waals surface area contributed by atoms with Crippen LogP contribution in [0.4, 0.5) is 5.69 Å². The number of nitrogens with one attached hydrogen (secondary N) is 1. The molecule has 0 atom stereocenters. The molecule has 0 saturated carbocycles. The number of nitrogens with two attached hydrogens (primary N) is 1. The summed E-state index contributed by atoms with van der Waals surface area (Å²) in [5.41, 5.74) is 6.25. The lowest BCUT2D eigenvalue weighted by atomic mass is 10.3. The van der Waals surface area contributed by atoms with Gasteiger partial charge >= 0.3 is 0 Å². The predicted molar refractivity (Wildman–Crippen MR) is 73.6 cm³/mol. The molecule has 5 nitrogen and oxygen atoms in total. The molecule has 19 heavy (non-hydrogen) atoms. The number of hydrogen-bond acceptors (Lipinski definition) is 4. The van der Waals surface area contributed by atoms with E-state index in [-0.39, 0.29) is 4.90 Å². The van der Waals surface area contributed by atoms with Crippen LogP contribution in [-0.2, 0) is 10.0 Å². The zero-order valence-corrected chi connectivity index (χ0v) is 11.1. The molecule has 0 fully saturated rings. The third kappa shape index (κ3) is 3.24. The molecule has 100 valence electrons. The van der Waals surface area contributed by atoms with E-state index in [2.05, 4.69) is 4.72 Å². The highest BCUT2D eigenvalue weighted by atomic mass is 32.2. The molecule has 2 aromatic carbocycles. The molecule has 0 aliphatic rings. The topological polar surface area (TPSA) is 81.4 Å². The van der Waals surface area contributed by atoms with Gasteiger partial charge in [0.2, 0.25) is 10.0 Å². The van der Waals surface area contributed by atoms with Gasteiger partial charge in [0.05, 0.1) is 4.90 Å². The molecular formula is C13H14N2O3S. The fourth-order valence-corrected chi connectivity index (χ4v) is 2.25. The molecule has 0 amide bonds. The number of rotatable bonds is 4. The largest absolute Gasteiger partial charge is 0.457 e. The molecule has 2 aromatic rings.